The Hall–Kier alpha value is -1.55. The summed E-state index contributed by atoms with van der Waals surface area (Å²) in [6.07, 6.45) is 2.16. The number of carboxylic acids is 1. The fourth-order valence-corrected chi connectivity index (χ4v) is 2.84. The molecule has 1 aromatic carbocycles. The molecule has 5 heteroatoms. The van der Waals surface area contributed by atoms with Gasteiger partial charge in [-0.25, -0.2) is 0 Å². The molecular weight excluding hydrogens is 266 g/mol. The van der Waals surface area contributed by atoms with E-state index in [1.54, 1.807) is 18.2 Å². The molecule has 1 amide bonds. The number of carbonyl (C=O) groups excluding carboxylic acids is 1. The zero-order chi connectivity index (χ0) is 14.0. The number of hydrogen-bond acceptors (Lipinski definition) is 2. The van der Waals surface area contributed by atoms with Gasteiger partial charge >= 0.3 is 5.97 Å². The van der Waals surface area contributed by atoms with Gasteiger partial charge in [0.05, 0.1) is 5.92 Å². The maximum absolute atomic E-state index is 12.1. The van der Waals surface area contributed by atoms with Crippen molar-refractivity contribution < 1.29 is 14.7 Å². The molecule has 102 valence electrons. The largest absolute Gasteiger partial charge is 0.481 e. The molecule has 2 rings (SSSR count). The molecule has 1 aromatic rings. The first-order valence-corrected chi connectivity index (χ1v) is 6.66. The highest BCUT2D eigenvalue weighted by atomic mass is 35.5. The summed E-state index contributed by atoms with van der Waals surface area (Å²) in [6, 6.07) is 4.82. The van der Waals surface area contributed by atoms with Crippen molar-refractivity contribution in [2.24, 2.45) is 5.92 Å². The van der Waals surface area contributed by atoms with Crippen LogP contribution in [0.4, 0.5) is 0 Å². The zero-order valence-corrected chi connectivity index (χ0v) is 11.4. The number of rotatable bonds is 3. The molecule has 1 aliphatic rings. The molecule has 4 nitrogen and oxygen atoms in total. The van der Waals surface area contributed by atoms with Crippen molar-refractivity contribution in [1.82, 2.24) is 5.32 Å². The number of hydrogen-bond donors (Lipinski definition) is 2. The molecule has 0 heterocycles. The summed E-state index contributed by atoms with van der Waals surface area (Å²) in [4.78, 5) is 23.2. The molecule has 0 radical (unpaired) electrons. The van der Waals surface area contributed by atoms with Crippen LogP contribution in [-0.2, 0) is 4.79 Å². The van der Waals surface area contributed by atoms with Crippen LogP contribution in [0.25, 0.3) is 0 Å². The van der Waals surface area contributed by atoms with Crippen LogP contribution in [0.15, 0.2) is 18.2 Å². The van der Waals surface area contributed by atoms with E-state index < -0.39 is 11.9 Å². The Morgan fingerprint density at radius 3 is 2.68 bits per heavy atom. The molecule has 2 N–H and O–H groups in total. The summed E-state index contributed by atoms with van der Waals surface area (Å²) in [7, 11) is 0. The van der Waals surface area contributed by atoms with Gasteiger partial charge in [-0.05, 0) is 43.5 Å². The molecule has 19 heavy (non-hydrogen) atoms. The topological polar surface area (TPSA) is 66.4 Å². The van der Waals surface area contributed by atoms with Gasteiger partial charge in [0.2, 0.25) is 0 Å². The highest BCUT2D eigenvalue weighted by Crippen LogP contribution is 2.26. The molecule has 1 aliphatic carbocycles. The molecule has 1 fully saturated rings. The minimum absolute atomic E-state index is 0.260. The van der Waals surface area contributed by atoms with Crippen molar-refractivity contribution in [1.29, 1.82) is 0 Å². The normalized spacial score (nSPS) is 22.2. The number of halogens is 1. The van der Waals surface area contributed by atoms with Crippen LogP contribution >= 0.6 is 11.6 Å². The lowest BCUT2D eigenvalue weighted by Crippen LogP contribution is -2.40. The Labute approximate surface area is 116 Å². The van der Waals surface area contributed by atoms with Gasteiger partial charge in [-0.1, -0.05) is 18.0 Å². The number of carboxylic acid groups (broad SMARTS) is 1. The van der Waals surface area contributed by atoms with Crippen molar-refractivity contribution in [3.8, 4) is 0 Å². The Kier molecular flexibility index (Phi) is 4.10. The number of aryl methyl sites for hydroxylation is 1. The average Bonchev–Trinajstić information content (AvgIpc) is 2.75. The summed E-state index contributed by atoms with van der Waals surface area (Å²) in [6.45, 7) is 1.86. The molecule has 2 atom stereocenters. The quantitative estimate of drug-likeness (QED) is 0.895. The van der Waals surface area contributed by atoms with E-state index in [0.717, 1.165) is 12.0 Å². The highest BCUT2D eigenvalue weighted by Gasteiger charge is 2.34. The highest BCUT2D eigenvalue weighted by molar-refractivity contribution is 6.31. The second-order valence-corrected chi connectivity index (χ2v) is 5.41. The Morgan fingerprint density at radius 1 is 1.32 bits per heavy atom. The van der Waals surface area contributed by atoms with Crippen molar-refractivity contribution in [2.75, 3.05) is 0 Å². The summed E-state index contributed by atoms with van der Waals surface area (Å²) < 4.78 is 0. The second kappa shape index (κ2) is 5.61. The standard InChI is InChI=1S/C14H16ClNO3/c1-8-5-9(7-10(15)6-8)13(17)16-12-4-2-3-11(12)14(18)19/h5-7,11-12H,2-4H2,1H3,(H,16,17)(H,18,19). The minimum Gasteiger partial charge on any atom is -0.481 e. The monoisotopic (exact) mass is 281 g/mol. The van der Waals surface area contributed by atoms with Crippen molar-refractivity contribution >= 4 is 23.5 Å². The number of aliphatic carboxylic acids is 1. The van der Waals surface area contributed by atoms with Crippen LogP contribution in [0.2, 0.25) is 5.02 Å². The van der Waals surface area contributed by atoms with Gasteiger partial charge in [0.1, 0.15) is 0 Å². The number of benzene rings is 1. The van der Waals surface area contributed by atoms with E-state index in [4.69, 9.17) is 16.7 Å². The van der Waals surface area contributed by atoms with Gasteiger partial charge < -0.3 is 10.4 Å². The lowest BCUT2D eigenvalue weighted by molar-refractivity contribution is -0.142. The van der Waals surface area contributed by atoms with Crippen LogP contribution in [0.3, 0.4) is 0 Å². The molecule has 2 unspecified atom stereocenters. The number of amides is 1. The third-order valence-electron chi connectivity index (χ3n) is 3.45. The number of carbonyl (C=O) groups is 2. The van der Waals surface area contributed by atoms with Gasteiger partial charge in [-0.3, -0.25) is 9.59 Å². The second-order valence-electron chi connectivity index (χ2n) is 4.97. The van der Waals surface area contributed by atoms with Gasteiger partial charge in [-0.2, -0.15) is 0 Å². The fourth-order valence-electron chi connectivity index (χ4n) is 2.55. The smallest absolute Gasteiger partial charge is 0.308 e. The first kappa shape index (κ1) is 13.9. The van der Waals surface area contributed by atoms with Crippen LogP contribution in [0.1, 0.15) is 35.2 Å². The SMILES string of the molecule is Cc1cc(Cl)cc(C(=O)NC2CCCC2C(=O)O)c1. The summed E-state index contributed by atoms with van der Waals surface area (Å²) in [5.41, 5.74) is 1.37. The molecule has 0 aromatic heterocycles. The van der Waals surface area contributed by atoms with E-state index in [0.29, 0.717) is 23.4 Å². The summed E-state index contributed by atoms with van der Waals surface area (Å²) in [5, 5.41) is 12.4. The Balaban J connectivity index is 2.10. The van der Waals surface area contributed by atoms with E-state index in [1.807, 2.05) is 6.92 Å². The predicted octanol–water partition coefficient (Wildman–Crippen LogP) is 2.63. The maximum atomic E-state index is 12.1. The number of nitrogens with one attached hydrogen (secondary N) is 1. The zero-order valence-electron chi connectivity index (χ0n) is 10.6. The molecule has 0 saturated heterocycles. The van der Waals surface area contributed by atoms with Crippen LogP contribution in [0.5, 0.6) is 0 Å². The van der Waals surface area contributed by atoms with Crippen molar-refractivity contribution in [2.45, 2.75) is 32.2 Å². The predicted molar refractivity (Wildman–Crippen MR) is 72.4 cm³/mol. The van der Waals surface area contributed by atoms with Crippen molar-refractivity contribution in [3.63, 3.8) is 0 Å². The summed E-state index contributed by atoms with van der Waals surface area (Å²) >= 11 is 5.92. The minimum atomic E-state index is -0.843. The average molecular weight is 282 g/mol. The molecular formula is C14H16ClNO3. The van der Waals surface area contributed by atoms with Crippen LogP contribution < -0.4 is 5.32 Å². The van der Waals surface area contributed by atoms with E-state index >= 15 is 0 Å². The third-order valence-corrected chi connectivity index (χ3v) is 3.67. The molecule has 1 saturated carbocycles. The molecule has 0 aliphatic heterocycles. The van der Waals surface area contributed by atoms with Crippen LogP contribution in [0, 0.1) is 12.8 Å². The van der Waals surface area contributed by atoms with Gasteiger partial charge in [0.25, 0.3) is 5.91 Å². The van der Waals surface area contributed by atoms with E-state index in [1.165, 1.54) is 0 Å². The molecule has 0 bridgehead atoms. The van der Waals surface area contributed by atoms with E-state index in [2.05, 4.69) is 5.32 Å². The van der Waals surface area contributed by atoms with Gasteiger partial charge in [0, 0.05) is 16.6 Å². The van der Waals surface area contributed by atoms with Crippen LogP contribution in [-0.4, -0.2) is 23.0 Å². The van der Waals surface area contributed by atoms with Gasteiger partial charge in [-0.15, -0.1) is 0 Å². The van der Waals surface area contributed by atoms with E-state index in [-0.39, 0.29) is 11.9 Å². The first-order valence-electron chi connectivity index (χ1n) is 6.28. The molecule has 0 spiro atoms. The lowest BCUT2D eigenvalue weighted by Gasteiger charge is -2.17. The Bertz CT molecular complexity index is 495. The first-order chi connectivity index (χ1) is 8.97. The third kappa shape index (κ3) is 3.26. The fraction of sp³-hybridized carbons (Fsp3) is 0.429. The Morgan fingerprint density at radius 2 is 2.05 bits per heavy atom. The summed E-state index contributed by atoms with van der Waals surface area (Å²) in [5.74, 6) is -1.59. The van der Waals surface area contributed by atoms with Crippen molar-refractivity contribution in [3.05, 3.63) is 34.3 Å². The van der Waals surface area contributed by atoms with Gasteiger partial charge in [0.15, 0.2) is 0 Å². The lowest BCUT2D eigenvalue weighted by atomic mass is 10.0. The maximum Gasteiger partial charge on any atom is 0.308 e. The van der Waals surface area contributed by atoms with E-state index in [9.17, 15) is 9.59 Å².